The maximum Gasteiger partial charge on any atom is 0.298 e. The number of oxazole rings is 1. The van der Waals surface area contributed by atoms with Crippen molar-refractivity contribution in [2.45, 2.75) is 12.5 Å². The first-order valence-electron chi connectivity index (χ1n) is 5.69. The molecule has 18 heavy (non-hydrogen) atoms. The van der Waals surface area contributed by atoms with Gasteiger partial charge in [0.2, 0.25) is 0 Å². The van der Waals surface area contributed by atoms with Crippen molar-refractivity contribution in [3.63, 3.8) is 0 Å². The van der Waals surface area contributed by atoms with Crippen molar-refractivity contribution in [3.8, 4) is 0 Å². The van der Waals surface area contributed by atoms with Crippen LogP contribution in [0.2, 0.25) is 0 Å². The fourth-order valence-electron chi connectivity index (χ4n) is 2.11. The minimum Gasteiger partial charge on any atom is -0.423 e. The number of nitro groups is 1. The SMILES string of the molecule is N[C@H]1CCN(c2nc3cc([N+](=O)[O-])ccc3o2)C1. The van der Waals surface area contributed by atoms with Gasteiger partial charge in [-0.15, -0.1) is 0 Å². The Labute approximate surface area is 102 Å². The van der Waals surface area contributed by atoms with Crippen molar-refractivity contribution in [2.24, 2.45) is 5.73 Å². The Morgan fingerprint density at radius 1 is 1.56 bits per heavy atom. The molecule has 1 aromatic carbocycles. The summed E-state index contributed by atoms with van der Waals surface area (Å²) in [5.41, 5.74) is 6.89. The zero-order valence-corrected chi connectivity index (χ0v) is 9.57. The van der Waals surface area contributed by atoms with Gasteiger partial charge in [0.25, 0.3) is 11.7 Å². The van der Waals surface area contributed by atoms with Crippen LogP contribution in [0.4, 0.5) is 11.7 Å². The number of nitrogens with zero attached hydrogens (tertiary/aromatic N) is 3. The van der Waals surface area contributed by atoms with Crippen LogP contribution in [0.15, 0.2) is 22.6 Å². The second-order valence-electron chi connectivity index (χ2n) is 4.40. The summed E-state index contributed by atoms with van der Waals surface area (Å²) in [7, 11) is 0. The number of hydrogen-bond donors (Lipinski definition) is 1. The molecule has 1 atom stereocenters. The van der Waals surface area contributed by atoms with Crippen LogP contribution in [0.25, 0.3) is 11.1 Å². The van der Waals surface area contributed by atoms with Gasteiger partial charge in [-0.2, -0.15) is 4.98 Å². The number of fused-ring (bicyclic) bond motifs is 1. The summed E-state index contributed by atoms with van der Waals surface area (Å²) < 4.78 is 5.57. The fourth-order valence-corrected chi connectivity index (χ4v) is 2.11. The summed E-state index contributed by atoms with van der Waals surface area (Å²) in [6.07, 6.45) is 0.902. The topological polar surface area (TPSA) is 98.4 Å². The lowest BCUT2D eigenvalue weighted by atomic mass is 10.3. The predicted molar refractivity (Wildman–Crippen MR) is 65.5 cm³/mol. The fraction of sp³-hybridized carbons (Fsp3) is 0.364. The van der Waals surface area contributed by atoms with Gasteiger partial charge in [0.15, 0.2) is 5.58 Å². The smallest absolute Gasteiger partial charge is 0.298 e. The first-order chi connectivity index (χ1) is 8.63. The minimum atomic E-state index is -0.445. The van der Waals surface area contributed by atoms with E-state index in [0.29, 0.717) is 23.7 Å². The molecule has 1 fully saturated rings. The molecule has 0 saturated carbocycles. The van der Waals surface area contributed by atoms with Crippen LogP contribution in [-0.2, 0) is 0 Å². The highest BCUT2D eigenvalue weighted by molar-refractivity contribution is 5.77. The van der Waals surface area contributed by atoms with Gasteiger partial charge in [-0.25, -0.2) is 0 Å². The molecule has 1 aliphatic rings. The number of anilines is 1. The van der Waals surface area contributed by atoms with Crippen molar-refractivity contribution in [1.82, 2.24) is 4.98 Å². The molecule has 1 aromatic heterocycles. The highest BCUT2D eigenvalue weighted by Gasteiger charge is 2.23. The zero-order chi connectivity index (χ0) is 12.7. The number of nitrogens with two attached hydrogens (primary N) is 1. The van der Waals surface area contributed by atoms with Gasteiger partial charge in [0.05, 0.1) is 4.92 Å². The lowest BCUT2D eigenvalue weighted by Crippen LogP contribution is -2.26. The summed E-state index contributed by atoms with van der Waals surface area (Å²) in [6.45, 7) is 1.50. The molecule has 1 aliphatic heterocycles. The number of hydrogen-bond acceptors (Lipinski definition) is 6. The van der Waals surface area contributed by atoms with Crippen molar-refractivity contribution in [3.05, 3.63) is 28.3 Å². The standard InChI is InChI=1S/C11H12N4O3/c12-7-3-4-14(6-7)11-13-9-5-8(15(16)17)1-2-10(9)18-11/h1-2,5,7H,3-4,6,12H2/t7-/m0/s1. The monoisotopic (exact) mass is 248 g/mol. The highest BCUT2D eigenvalue weighted by atomic mass is 16.6. The van der Waals surface area contributed by atoms with E-state index in [1.54, 1.807) is 6.07 Å². The molecular weight excluding hydrogens is 236 g/mol. The molecule has 0 aliphatic carbocycles. The highest BCUT2D eigenvalue weighted by Crippen LogP contribution is 2.27. The molecule has 0 radical (unpaired) electrons. The van der Waals surface area contributed by atoms with E-state index in [4.69, 9.17) is 10.2 Å². The number of nitro benzene ring substituents is 1. The van der Waals surface area contributed by atoms with Gasteiger partial charge < -0.3 is 15.1 Å². The summed E-state index contributed by atoms with van der Waals surface area (Å²) in [5, 5.41) is 10.7. The van der Waals surface area contributed by atoms with E-state index in [9.17, 15) is 10.1 Å². The molecule has 94 valence electrons. The Hall–Kier alpha value is -2.15. The van der Waals surface area contributed by atoms with Gasteiger partial charge in [-0.3, -0.25) is 10.1 Å². The van der Waals surface area contributed by atoms with E-state index in [1.165, 1.54) is 12.1 Å². The molecule has 1 saturated heterocycles. The molecule has 2 N–H and O–H groups in total. The Balaban J connectivity index is 1.98. The summed E-state index contributed by atoms with van der Waals surface area (Å²) in [5.74, 6) is 0. The molecule has 0 spiro atoms. The largest absolute Gasteiger partial charge is 0.423 e. The number of benzene rings is 1. The molecule has 0 amide bonds. The Morgan fingerprint density at radius 2 is 2.39 bits per heavy atom. The minimum absolute atomic E-state index is 0.0143. The molecule has 3 rings (SSSR count). The molecule has 7 heteroatoms. The quantitative estimate of drug-likeness (QED) is 0.634. The maximum atomic E-state index is 10.7. The summed E-state index contributed by atoms with van der Waals surface area (Å²) in [4.78, 5) is 16.5. The molecule has 0 bridgehead atoms. The second-order valence-corrected chi connectivity index (χ2v) is 4.40. The third-order valence-corrected chi connectivity index (χ3v) is 3.07. The molecule has 2 heterocycles. The predicted octanol–water partition coefficient (Wildman–Crippen LogP) is 1.27. The summed E-state index contributed by atoms with van der Waals surface area (Å²) >= 11 is 0. The van der Waals surface area contributed by atoms with Crippen LogP contribution < -0.4 is 10.6 Å². The molecule has 7 nitrogen and oxygen atoms in total. The average molecular weight is 248 g/mol. The van der Waals surface area contributed by atoms with Crippen LogP contribution in [0.3, 0.4) is 0 Å². The van der Waals surface area contributed by atoms with E-state index < -0.39 is 4.92 Å². The van der Waals surface area contributed by atoms with E-state index in [2.05, 4.69) is 4.98 Å². The van der Waals surface area contributed by atoms with Gasteiger partial charge in [0.1, 0.15) is 5.52 Å². The first-order valence-corrected chi connectivity index (χ1v) is 5.69. The normalized spacial score (nSPS) is 19.6. The Kier molecular flexibility index (Phi) is 2.41. The summed E-state index contributed by atoms with van der Waals surface area (Å²) in [6, 6.07) is 5.01. The third kappa shape index (κ3) is 1.78. The van der Waals surface area contributed by atoms with Crippen LogP contribution in [-0.4, -0.2) is 29.0 Å². The Bertz CT molecular complexity index is 609. The second kappa shape index (κ2) is 3.95. The van der Waals surface area contributed by atoms with E-state index >= 15 is 0 Å². The lowest BCUT2D eigenvalue weighted by Gasteiger charge is -2.11. The average Bonchev–Trinajstić information content (AvgIpc) is 2.93. The molecule has 0 unspecified atom stereocenters. The van der Waals surface area contributed by atoms with Crippen LogP contribution >= 0.6 is 0 Å². The van der Waals surface area contributed by atoms with Crippen molar-refractivity contribution >= 4 is 22.8 Å². The van der Waals surface area contributed by atoms with Crippen molar-refractivity contribution < 1.29 is 9.34 Å². The lowest BCUT2D eigenvalue weighted by molar-refractivity contribution is -0.384. The number of aromatic nitrogens is 1. The van der Waals surface area contributed by atoms with E-state index in [0.717, 1.165) is 13.0 Å². The molecule has 2 aromatic rings. The first kappa shape index (κ1) is 11.0. The number of non-ortho nitro benzene ring substituents is 1. The van der Waals surface area contributed by atoms with Crippen molar-refractivity contribution in [2.75, 3.05) is 18.0 Å². The van der Waals surface area contributed by atoms with Gasteiger partial charge in [-0.1, -0.05) is 0 Å². The Morgan fingerprint density at radius 3 is 3.06 bits per heavy atom. The van der Waals surface area contributed by atoms with Crippen LogP contribution in [0.5, 0.6) is 0 Å². The van der Waals surface area contributed by atoms with Crippen LogP contribution in [0.1, 0.15) is 6.42 Å². The van der Waals surface area contributed by atoms with Crippen LogP contribution in [0, 0.1) is 10.1 Å². The zero-order valence-electron chi connectivity index (χ0n) is 9.57. The third-order valence-electron chi connectivity index (χ3n) is 3.07. The van der Waals surface area contributed by atoms with E-state index in [1.807, 2.05) is 4.90 Å². The maximum absolute atomic E-state index is 10.7. The van der Waals surface area contributed by atoms with Gasteiger partial charge >= 0.3 is 0 Å². The van der Waals surface area contributed by atoms with Gasteiger partial charge in [-0.05, 0) is 12.5 Å². The van der Waals surface area contributed by atoms with E-state index in [-0.39, 0.29) is 11.7 Å². The van der Waals surface area contributed by atoms with Gasteiger partial charge in [0, 0.05) is 31.3 Å². The molecular formula is C11H12N4O3. The van der Waals surface area contributed by atoms with Crippen molar-refractivity contribution in [1.29, 1.82) is 0 Å². The number of rotatable bonds is 2.